The minimum absolute atomic E-state index is 0.110. The third kappa shape index (κ3) is 5.95. The number of carbonyl (C=O) groups excluding carboxylic acids is 1. The summed E-state index contributed by atoms with van der Waals surface area (Å²) in [7, 11) is 0. The molecule has 0 aliphatic heterocycles. The molecule has 0 aliphatic rings. The van der Waals surface area contributed by atoms with E-state index in [-0.39, 0.29) is 6.42 Å². The highest BCUT2D eigenvalue weighted by atomic mass is 32.1. The van der Waals surface area contributed by atoms with Crippen molar-refractivity contribution in [1.82, 2.24) is 20.3 Å². The molecule has 2 heterocycles. The molecule has 4 aromatic rings. The zero-order chi connectivity index (χ0) is 25.7. The first kappa shape index (κ1) is 25.1. The number of imidazole rings is 1. The van der Waals surface area contributed by atoms with Crippen molar-refractivity contribution in [1.29, 1.82) is 0 Å². The van der Waals surface area contributed by atoms with Crippen LogP contribution in [0.2, 0.25) is 0 Å². The average molecular weight is 508 g/mol. The Labute approximate surface area is 211 Å². The van der Waals surface area contributed by atoms with E-state index in [0.29, 0.717) is 35.6 Å². The number of aromatic nitrogens is 3. The number of anilines is 1. The largest absolute Gasteiger partial charge is 0.480 e. The number of hydrogen-bond donors (Lipinski definition) is 4. The highest BCUT2D eigenvalue weighted by molar-refractivity contribution is 7.10. The lowest BCUT2D eigenvalue weighted by Gasteiger charge is -2.17. The van der Waals surface area contributed by atoms with Gasteiger partial charge in [-0.1, -0.05) is 31.2 Å². The summed E-state index contributed by atoms with van der Waals surface area (Å²) in [5, 5.41) is 18.4. The number of benzene rings is 2. The van der Waals surface area contributed by atoms with Gasteiger partial charge in [-0.3, -0.25) is 4.79 Å². The number of carbonyl (C=O) groups is 2. The number of nitrogens with one attached hydrogen (secondary N) is 3. The van der Waals surface area contributed by atoms with Crippen molar-refractivity contribution >= 4 is 29.2 Å². The van der Waals surface area contributed by atoms with Crippen LogP contribution in [0.1, 0.15) is 39.0 Å². The van der Waals surface area contributed by atoms with Gasteiger partial charge in [0.15, 0.2) is 5.95 Å². The molecule has 186 valence electrons. The van der Waals surface area contributed by atoms with Gasteiger partial charge in [0.1, 0.15) is 16.9 Å². The fraction of sp³-hybridized carbons (Fsp3) is 0.231. The number of hydrogen-bond acceptors (Lipinski definition) is 6. The molecule has 0 saturated carbocycles. The Kier molecular flexibility index (Phi) is 7.74. The highest BCUT2D eigenvalue weighted by Crippen LogP contribution is 2.23. The van der Waals surface area contributed by atoms with Gasteiger partial charge in [-0.2, -0.15) is 0 Å². The molecule has 1 atom stereocenters. The number of rotatable bonds is 10. The molecule has 0 saturated heterocycles. The van der Waals surface area contributed by atoms with Crippen molar-refractivity contribution in [2.75, 3.05) is 5.32 Å². The van der Waals surface area contributed by atoms with Crippen LogP contribution in [-0.2, 0) is 24.2 Å². The fourth-order valence-electron chi connectivity index (χ4n) is 3.94. The molecule has 4 N–H and O–H groups in total. The molecule has 10 heteroatoms. The molecule has 1 unspecified atom stereocenters. The molecule has 1 amide bonds. The molecule has 36 heavy (non-hydrogen) atoms. The van der Waals surface area contributed by atoms with Crippen LogP contribution in [-0.4, -0.2) is 38.0 Å². The van der Waals surface area contributed by atoms with Gasteiger partial charge in [0.25, 0.3) is 5.91 Å². The molecule has 0 radical (unpaired) electrons. The Balaban J connectivity index is 1.42. The standard InChI is InChI=1S/C26H26FN5O3S/c1-3-17-12-19(27)10-15(2)23(17)24(33)32-20(25(34)35)11-16-4-6-18(7-5-16)21-14-36-22(31-21)13-30-26-28-8-9-29-26/h4-10,12,14,20H,3,11,13H2,1-2H3,(H,32,33)(H,34,35)(H2,28,29,30). The second kappa shape index (κ2) is 11.1. The Morgan fingerprint density at radius 1 is 1.22 bits per heavy atom. The lowest BCUT2D eigenvalue weighted by molar-refractivity contribution is -0.139. The first-order valence-electron chi connectivity index (χ1n) is 11.4. The first-order chi connectivity index (χ1) is 17.3. The summed E-state index contributed by atoms with van der Waals surface area (Å²) in [5.74, 6) is -1.40. The maximum Gasteiger partial charge on any atom is 0.326 e. The van der Waals surface area contributed by atoms with Crippen LogP contribution in [0.5, 0.6) is 0 Å². The molecule has 2 aromatic carbocycles. The van der Waals surface area contributed by atoms with Gasteiger partial charge < -0.3 is 20.7 Å². The third-order valence-corrected chi connectivity index (χ3v) is 6.59. The van der Waals surface area contributed by atoms with Crippen molar-refractivity contribution in [3.8, 4) is 11.3 Å². The van der Waals surface area contributed by atoms with E-state index in [9.17, 15) is 19.1 Å². The SMILES string of the molecule is CCc1cc(F)cc(C)c1C(=O)NC(Cc1ccc(-c2csc(CNc3ncc[nH]3)n2)cc1)C(=O)O. The van der Waals surface area contributed by atoms with Gasteiger partial charge in [0.05, 0.1) is 12.2 Å². The Morgan fingerprint density at radius 2 is 2.00 bits per heavy atom. The van der Waals surface area contributed by atoms with Crippen molar-refractivity contribution in [2.24, 2.45) is 0 Å². The van der Waals surface area contributed by atoms with Crippen LogP contribution >= 0.6 is 11.3 Å². The van der Waals surface area contributed by atoms with Crippen LogP contribution in [0.25, 0.3) is 11.3 Å². The molecule has 0 fully saturated rings. The van der Waals surface area contributed by atoms with E-state index in [1.165, 1.54) is 23.5 Å². The summed E-state index contributed by atoms with van der Waals surface area (Å²) < 4.78 is 13.8. The second-order valence-corrected chi connectivity index (χ2v) is 9.24. The zero-order valence-corrected chi connectivity index (χ0v) is 20.7. The number of halogens is 1. The van der Waals surface area contributed by atoms with E-state index in [4.69, 9.17) is 0 Å². The summed E-state index contributed by atoms with van der Waals surface area (Å²) in [6.45, 7) is 4.01. The first-order valence-corrected chi connectivity index (χ1v) is 12.3. The van der Waals surface area contributed by atoms with E-state index >= 15 is 0 Å². The minimum atomic E-state index is -1.14. The van der Waals surface area contributed by atoms with E-state index in [2.05, 4.69) is 25.6 Å². The van der Waals surface area contributed by atoms with Crippen LogP contribution in [0.15, 0.2) is 54.2 Å². The quantitative estimate of drug-likeness (QED) is 0.249. The van der Waals surface area contributed by atoms with Gasteiger partial charge in [-0.05, 0) is 42.2 Å². The smallest absolute Gasteiger partial charge is 0.326 e. The number of thiazole rings is 1. The summed E-state index contributed by atoms with van der Waals surface area (Å²) in [6.07, 6.45) is 3.98. The van der Waals surface area contributed by atoms with Gasteiger partial charge in [-0.15, -0.1) is 11.3 Å². The Hall–Kier alpha value is -4.05. The monoisotopic (exact) mass is 507 g/mol. The van der Waals surface area contributed by atoms with Crippen LogP contribution in [0.4, 0.5) is 10.3 Å². The van der Waals surface area contributed by atoms with E-state index in [1.54, 1.807) is 19.3 Å². The summed E-state index contributed by atoms with van der Waals surface area (Å²) >= 11 is 1.53. The number of carboxylic acids is 1. The van der Waals surface area contributed by atoms with Gasteiger partial charge in [0, 0.05) is 35.3 Å². The van der Waals surface area contributed by atoms with Crippen molar-refractivity contribution < 1.29 is 19.1 Å². The normalized spacial score (nSPS) is 11.8. The number of carboxylic acid groups (broad SMARTS) is 1. The predicted octanol–water partition coefficient (Wildman–Crippen LogP) is 4.58. The van der Waals surface area contributed by atoms with E-state index in [0.717, 1.165) is 21.8 Å². The molecular weight excluding hydrogens is 481 g/mol. The van der Waals surface area contributed by atoms with Crippen LogP contribution in [0.3, 0.4) is 0 Å². The lowest BCUT2D eigenvalue weighted by Crippen LogP contribution is -2.42. The molecule has 0 aliphatic carbocycles. The molecule has 4 rings (SSSR count). The Bertz CT molecular complexity index is 1350. The average Bonchev–Trinajstić information content (AvgIpc) is 3.54. The van der Waals surface area contributed by atoms with Crippen molar-refractivity contribution in [2.45, 2.75) is 39.3 Å². The summed E-state index contributed by atoms with van der Waals surface area (Å²) in [6, 6.07) is 8.89. The highest BCUT2D eigenvalue weighted by Gasteiger charge is 2.24. The summed E-state index contributed by atoms with van der Waals surface area (Å²) in [5.41, 5.74) is 3.82. The van der Waals surface area contributed by atoms with Crippen LogP contribution < -0.4 is 10.6 Å². The minimum Gasteiger partial charge on any atom is -0.480 e. The molecule has 8 nitrogen and oxygen atoms in total. The number of aromatic amines is 1. The molecule has 2 aromatic heterocycles. The fourth-order valence-corrected chi connectivity index (χ4v) is 4.68. The number of amides is 1. The van der Waals surface area contributed by atoms with Gasteiger partial charge in [-0.25, -0.2) is 19.2 Å². The third-order valence-electron chi connectivity index (χ3n) is 5.74. The number of H-pyrrole nitrogens is 1. The number of aryl methyl sites for hydroxylation is 2. The summed E-state index contributed by atoms with van der Waals surface area (Å²) in [4.78, 5) is 36.6. The number of aliphatic carboxylic acids is 1. The van der Waals surface area contributed by atoms with Crippen molar-refractivity contribution in [3.63, 3.8) is 0 Å². The van der Waals surface area contributed by atoms with Crippen molar-refractivity contribution in [3.05, 3.63) is 87.3 Å². The lowest BCUT2D eigenvalue weighted by atomic mass is 9.98. The molecular formula is C26H26FN5O3S. The predicted molar refractivity (Wildman–Crippen MR) is 137 cm³/mol. The van der Waals surface area contributed by atoms with Gasteiger partial charge in [0.2, 0.25) is 0 Å². The zero-order valence-electron chi connectivity index (χ0n) is 19.8. The topological polar surface area (TPSA) is 120 Å². The molecule has 0 spiro atoms. The van der Waals surface area contributed by atoms with E-state index in [1.807, 2.05) is 36.6 Å². The van der Waals surface area contributed by atoms with E-state index < -0.39 is 23.7 Å². The Morgan fingerprint density at radius 3 is 2.67 bits per heavy atom. The maximum atomic E-state index is 13.8. The van der Waals surface area contributed by atoms with Gasteiger partial charge >= 0.3 is 5.97 Å². The maximum absolute atomic E-state index is 13.8. The number of nitrogens with zero attached hydrogens (tertiary/aromatic N) is 2. The molecule has 0 bridgehead atoms. The second-order valence-electron chi connectivity index (χ2n) is 8.29. The van der Waals surface area contributed by atoms with Crippen LogP contribution in [0, 0.1) is 12.7 Å².